The Hall–Kier alpha value is -4.65. The summed E-state index contributed by atoms with van der Waals surface area (Å²) in [6, 6.07) is 7.27. The third-order valence-corrected chi connectivity index (χ3v) is 9.37. The predicted octanol–water partition coefficient (Wildman–Crippen LogP) is 4.48. The average Bonchev–Trinajstić information content (AvgIpc) is 3.56. The molecule has 7 rings (SSSR count). The maximum absolute atomic E-state index is 16.7. The molecule has 45 heavy (non-hydrogen) atoms. The number of phenolic OH excluding ortho intramolecular Hbond substituents is 1. The SMILES string of the molecule is C#Cc1c(F)ccc2cc(O)cc(-c3ncc4c(N5CCC(O)C(C#N)C5)nc(OC[C@@]56CCCN5C[C@H](F)C6)nc4c3F)c12. The lowest BCUT2D eigenvalue weighted by Gasteiger charge is -2.34. The van der Waals surface area contributed by atoms with Crippen LogP contribution in [0.5, 0.6) is 11.8 Å². The molecule has 0 spiro atoms. The smallest absolute Gasteiger partial charge is 0.319 e. The Morgan fingerprint density at radius 1 is 1.18 bits per heavy atom. The largest absolute Gasteiger partial charge is 0.508 e. The minimum atomic E-state index is -0.967. The van der Waals surface area contributed by atoms with Crippen LogP contribution in [0.15, 0.2) is 30.5 Å². The molecule has 2 aromatic carbocycles. The zero-order valence-corrected chi connectivity index (χ0v) is 24.2. The minimum absolute atomic E-state index is 0.0746. The van der Waals surface area contributed by atoms with Gasteiger partial charge in [-0.1, -0.05) is 12.0 Å². The molecule has 3 saturated heterocycles. The zero-order chi connectivity index (χ0) is 31.5. The number of piperidine rings is 1. The number of rotatable bonds is 5. The number of benzene rings is 2. The zero-order valence-electron chi connectivity index (χ0n) is 24.2. The summed E-state index contributed by atoms with van der Waals surface area (Å²) in [4.78, 5) is 17.3. The number of phenols is 1. The van der Waals surface area contributed by atoms with Crippen LogP contribution in [-0.4, -0.2) is 80.7 Å². The number of anilines is 1. The van der Waals surface area contributed by atoms with Crippen molar-refractivity contribution in [3.63, 3.8) is 0 Å². The van der Waals surface area contributed by atoms with E-state index in [1.165, 1.54) is 30.5 Å². The quantitative estimate of drug-likeness (QED) is 0.314. The fourth-order valence-electron chi connectivity index (χ4n) is 7.17. The number of nitriles is 1. The van der Waals surface area contributed by atoms with Crippen molar-refractivity contribution in [1.29, 1.82) is 5.26 Å². The van der Waals surface area contributed by atoms with Crippen LogP contribution in [0, 0.1) is 41.2 Å². The van der Waals surface area contributed by atoms with Gasteiger partial charge in [-0.15, -0.1) is 6.42 Å². The molecular weight excluding hydrogens is 585 g/mol. The van der Waals surface area contributed by atoms with Gasteiger partial charge in [0.25, 0.3) is 0 Å². The second-order valence-corrected chi connectivity index (χ2v) is 12.1. The molecule has 3 fully saturated rings. The van der Waals surface area contributed by atoms with E-state index in [2.05, 4.69) is 31.8 Å². The number of halogens is 3. The Morgan fingerprint density at radius 2 is 2.02 bits per heavy atom. The normalized spacial score (nSPS) is 24.9. The third-order valence-electron chi connectivity index (χ3n) is 9.37. The number of aliphatic hydroxyl groups excluding tert-OH is 1. The first-order valence-electron chi connectivity index (χ1n) is 14.8. The fourth-order valence-corrected chi connectivity index (χ4v) is 7.17. The van der Waals surface area contributed by atoms with Crippen LogP contribution >= 0.6 is 0 Å². The number of hydrogen-bond donors (Lipinski definition) is 2. The van der Waals surface area contributed by atoms with Gasteiger partial charge in [0.1, 0.15) is 41.4 Å². The fraction of sp³-hybridized carbons (Fsp3) is 0.394. The molecule has 4 aromatic rings. The molecule has 2 unspecified atom stereocenters. The Morgan fingerprint density at radius 3 is 2.82 bits per heavy atom. The monoisotopic (exact) mass is 614 g/mol. The number of nitrogens with zero attached hydrogens (tertiary/aromatic N) is 6. The molecule has 9 nitrogen and oxygen atoms in total. The van der Waals surface area contributed by atoms with Gasteiger partial charge in [-0.25, -0.2) is 13.2 Å². The summed E-state index contributed by atoms with van der Waals surface area (Å²) in [6.45, 7) is 1.68. The lowest BCUT2D eigenvalue weighted by atomic mass is 9.95. The molecule has 0 radical (unpaired) electrons. The lowest BCUT2D eigenvalue weighted by Crippen LogP contribution is -2.44. The summed E-state index contributed by atoms with van der Waals surface area (Å²) in [5.74, 6) is 0.143. The number of pyridine rings is 1. The van der Waals surface area contributed by atoms with Crippen LogP contribution in [0.2, 0.25) is 0 Å². The van der Waals surface area contributed by atoms with E-state index in [1.54, 1.807) is 4.90 Å². The molecule has 3 aliphatic rings. The van der Waals surface area contributed by atoms with Gasteiger partial charge in [0, 0.05) is 43.2 Å². The van der Waals surface area contributed by atoms with Gasteiger partial charge in [-0.05, 0) is 49.4 Å². The van der Waals surface area contributed by atoms with Crippen molar-refractivity contribution in [3.8, 4) is 41.4 Å². The van der Waals surface area contributed by atoms with E-state index in [0.717, 1.165) is 19.4 Å². The molecule has 2 N–H and O–H groups in total. The van der Waals surface area contributed by atoms with E-state index in [-0.39, 0.29) is 63.8 Å². The number of hydrogen-bond acceptors (Lipinski definition) is 9. The Balaban J connectivity index is 1.38. The van der Waals surface area contributed by atoms with Gasteiger partial charge in [0.2, 0.25) is 0 Å². The second kappa shape index (κ2) is 11.1. The number of terminal acetylenes is 1. The van der Waals surface area contributed by atoms with Gasteiger partial charge in [-0.2, -0.15) is 15.2 Å². The Bertz CT molecular complexity index is 1930. The van der Waals surface area contributed by atoms with E-state index in [9.17, 15) is 24.3 Å². The highest BCUT2D eigenvalue weighted by atomic mass is 19.1. The van der Waals surface area contributed by atoms with Crippen LogP contribution in [0.25, 0.3) is 32.9 Å². The van der Waals surface area contributed by atoms with E-state index >= 15 is 4.39 Å². The van der Waals surface area contributed by atoms with E-state index < -0.39 is 35.4 Å². The van der Waals surface area contributed by atoms with E-state index in [0.29, 0.717) is 31.3 Å². The highest BCUT2D eigenvalue weighted by molar-refractivity contribution is 6.03. The minimum Gasteiger partial charge on any atom is -0.508 e. The van der Waals surface area contributed by atoms with Crippen molar-refractivity contribution in [3.05, 3.63) is 47.7 Å². The Kier molecular flexibility index (Phi) is 7.15. The summed E-state index contributed by atoms with van der Waals surface area (Å²) in [5.41, 5.74) is -0.900. The topological polar surface area (TPSA) is 119 Å². The molecular formula is C33H29F3N6O3. The van der Waals surface area contributed by atoms with Crippen LogP contribution in [0.4, 0.5) is 19.0 Å². The van der Waals surface area contributed by atoms with Gasteiger partial charge >= 0.3 is 6.01 Å². The van der Waals surface area contributed by atoms with Crippen LogP contribution in [0.3, 0.4) is 0 Å². The van der Waals surface area contributed by atoms with Crippen molar-refractivity contribution in [2.45, 2.75) is 43.5 Å². The summed E-state index contributed by atoms with van der Waals surface area (Å²) in [6.07, 6.45) is 7.51. The summed E-state index contributed by atoms with van der Waals surface area (Å²) in [7, 11) is 0. The first-order chi connectivity index (χ1) is 21.7. The molecule has 4 atom stereocenters. The van der Waals surface area contributed by atoms with Crippen molar-refractivity contribution in [1.82, 2.24) is 19.9 Å². The first-order valence-corrected chi connectivity index (χ1v) is 14.8. The molecule has 0 amide bonds. The molecule has 0 bridgehead atoms. The number of aliphatic hydroxyl groups is 1. The van der Waals surface area contributed by atoms with Crippen LogP contribution < -0.4 is 9.64 Å². The standard InChI is InChI=1S/C33H29F3N6O3/c1-2-22-25(35)5-4-18-10-21(43)11-23(27(18)22)29-28(36)30-24(14-38-29)31(41-9-6-26(44)19(13-37)15-41)40-32(39-30)45-17-33-7-3-8-42(33)16-20(34)12-33/h1,4-5,10-11,14,19-20,26,43-44H,3,6-9,12,15-17H2/t19?,20-,26?,33+/m1/s1. The Labute approximate surface area is 256 Å². The van der Waals surface area contributed by atoms with E-state index in [1.807, 2.05) is 0 Å². The van der Waals surface area contributed by atoms with Gasteiger partial charge in [-0.3, -0.25) is 9.88 Å². The molecule has 2 aromatic heterocycles. The highest BCUT2D eigenvalue weighted by Gasteiger charge is 2.49. The lowest BCUT2D eigenvalue weighted by molar-refractivity contribution is 0.107. The molecule has 0 saturated carbocycles. The molecule has 0 aliphatic carbocycles. The van der Waals surface area contributed by atoms with Crippen LogP contribution in [0.1, 0.15) is 31.2 Å². The van der Waals surface area contributed by atoms with Crippen molar-refractivity contribution >= 4 is 27.5 Å². The maximum atomic E-state index is 16.7. The highest BCUT2D eigenvalue weighted by Crippen LogP contribution is 2.42. The third kappa shape index (κ3) is 4.85. The van der Waals surface area contributed by atoms with Crippen molar-refractivity contribution in [2.75, 3.05) is 37.7 Å². The molecule has 3 aliphatic heterocycles. The summed E-state index contributed by atoms with van der Waals surface area (Å²) < 4.78 is 52.0. The summed E-state index contributed by atoms with van der Waals surface area (Å²) in [5, 5.41) is 31.2. The average molecular weight is 615 g/mol. The molecule has 5 heterocycles. The van der Waals surface area contributed by atoms with Gasteiger partial charge < -0.3 is 19.8 Å². The second-order valence-electron chi connectivity index (χ2n) is 12.1. The maximum Gasteiger partial charge on any atom is 0.319 e. The summed E-state index contributed by atoms with van der Waals surface area (Å²) >= 11 is 0. The first kappa shape index (κ1) is 29.1. The number of aromatic hydroxyl groups is 1. The molecule has 12 heteroatoms. The number of fused-ring (bicyclic) bond motifs is 3. The van der Waals surface area contributed by atoms with Crippen molar-refractivity contribution < 1.29 is 28.1 Å². The van der Waals surface area contributed by atoms with Gasteiger partial charge in [0.05, 0.1) is 34.6 Å². The van der Waals surface area contributed by atoms with Gasteiger partial charge in [0.15, 0.2) is 5.82 Å². The van der Waals surface area contributed by atoms with Crippen LogP contribution in [-0.2, 0) is 0 Å². The number of ether oxygens (including phenoxy) is 1. The molecule has 230 valence electrons. The number of aromatic nitrogens is 3. The predicted molar refractivity (Wildman–Crippen MR) is 160 cm³/mol. The van der Waals surface area contributed by atoms with E-state index in [4.69, 9.17) is 11.2 Å². The van der Waals surface area contributed by atoms with Crippen molar-refractivity contribution in [2.24, 2.45) is 5.92 Å². The number of alkyl halides is 1.